The summed E-state index contributed by atoms with van der Waals surface area (Å²) in [6, 6.07) is 8.69. The van der Waals surface area contributed by atoms with Crippen LogP contribution in [0.1, 0.15) is 6.92 Å². The van der Waals surface area contributed by atoms with Gasteiger partial charge < -0.3 is 5.32 Å². The number of halogens is 1. The standard InChI is InChI=1S/C14H12FN3S2/c1-2-16-14-17-12-9(7-8-19-12)13(18-14)20-11-6-4-3-5-10(11)15/h3-8H,2H2,1H3,(H,16,17,18). The molecule has 6 heteroatoms. The number of anilines is 1. The van der Waals surface area contributed by atoms with Gasteiger partial charge in [-0.25, -0.2) is 14.4 Å². The smallest absolute Gasteiger partial charge is 0.225 e. The van der Waals surface area contributed by atoms with Crippen LogP contribution < -0.4 is 5.32 Å². The largest absolute Gasteiger partial charge is 0.354 e. The molecule has 0 fully saturated rings. The molecule has 0 saturated heterocycles. The van der Waals surface area contributed by atoms with E-state index < -0.39 is 0 Å². The summed E-state index contributed by atoms with van der Waals surface area (Å²) in [5.41, 5.74) is 0. The van der Waals surface area contributed by atoms with E-state index in [0.29, 0.717) is 10.8 Å². The van der Waals surface area contributed by atoms with Crippen LogP contribution >= 0.6 is 23.1 Å². The number of aromatic nitrogens is 2. The Bertz CT molecular complexity index is 742. The Morgan fingerprint density at radius 2 is 2.10 bits per heavy atom. The van der Waals surface area contributed by atoms with Crippen LogP contribution in [0.2, 0.25) is 0 Å². The maximum absolute atomic E-state index is 13.8. The van der Waals surface area contributed by atoms with Crippen molar-refractivity contribution < 1.29 is 4.39 Å². The van der Waals surface area contributed by atoms with Gasteiger partial charge in [-0.2, -0.15) is 0 Å². The molecule has 102 valence electrons. The Balaban J connectivity index is 2.05. The minimum atomic E-state index is -0.232. The van der Waals surface area contributed by atoms with Crippen LogP contribution in [0.3, 0.4) is 0 Å². The number of hydrogen-bond donors (Lipinski definition) is 1. The van der Waals surface area contributed by atoms with Crippen molar-refractivity contribution in [2.24, 2.45) is 0 Å². The maximum atomic E-state index is 13.8. The lowest BCUT2D eigenvalue weighted by molar-refractivity contribution is 0.602. The first-order valence-corrected chi connectivity index (χ1v) is 7.89. The fraction of sp³-hybridized carbons (Fsp3) is 0.143. The van der Waals surface area contributed by atoms with Crippen molar-refractivity contribution in [1.29, 1.82) is 0 Å². The summed E-state index contributed by atoms with van der Waals surface area (Å²) in [4.78, 5) is 10.4. The number of rotatable bonds is 4. The van der Waals surface area contributed by atoms with Crippen LogP contribution in [0.5, 0.6) is 0 Å². The van der Waals surface area contributed by atoms with Gasteiger partial charge in [0.2, 0.25) is 5.95 Å². The van der Waals surface area contributed by atoms with Crippen LogP contribution in [0, 0.1) is 5.82 Å². The van der Waals surface area contributed by atoms with E-state index in [9.17, 15) is 4.39 Å². The van der Waals surface area contributed by atoms with E-state index >= 15 is 0 Å². The van der Waals surface area contributed by atoms with Gasteiger partial charge in [-0.15, -0.1) is 11.3 Å². The van der Waals surface area contributed by atoms with Gasteiger partial charge in [-0.1, -0.05) is 23.9 Å². The minimum absolute atomic E-state index is 0.232. The van der Waals surface area contributed by atoms with Crippen molar-refractivity contribution in [3.05, 3.63) is 41.5 Å². The number of nitrogens with zero attached hydrogens (tertiary/aromatic N) is 2. The Kier molecular flexibility index (Phi) is 3.84. The lowest BCUT2D eigenvalue weighted by Gasteiger charge is -2.07. The topological polar surface area (TPSA) is 37.8 Å². The second-order valence-corrected chi connectivity index (χ2v) is 5.98. The molecule has 2 aromatic heterocycles. The predicted molar refractivity (Wildman–Crippen MR) is 82.1 cm³/mol. The van der Waals surface area contributed by atoms with Gasteiger partial charge in [0.15, 0.2) is 0 Å². The number of hydrogen-bond acceptors (Lipinski definition) is 5. The molecule has 2 heterocycles. The zero-order valence-corrected chi connectivity index (χ0v) is 12.4. The molecule has 3 aromatic rings. The Hall–Kier alpha value is -1.66. The van der Waals surface area contributed by atoms with Gasteiger partial charge in [0, 0.05) is 16.8 Å². The molecule has 1 aromatic carbocycles. The van der Waals surface area contributed by atoms with Crippen LogP contribution in [0.25, 0.3) is 10.2 Å². The second kappa shape index (κ2) is 5.76. The van der Waals surface area contributed by atoms with Gasteiger partial charge in [-0.3, -0.25) is 0 Å². The van der Waals surface area contributed by atoms with Crippen molar-refractivity contribution >= 4 is 39.3 Å². The van der Waals surface area contributed by atoms with Crippen LogP contribution in [0.4, 0.5) is 10.3 Å². The summed E-state index contributed by atoms with van der Waals surface area (Å²) in [5, 5.41) is 6.82. The third kappa shape index (κ3) is 2.62. The normalized spacial score (nSPS) is 10.9. The Morgan fingerprint density at radius 3 is 2.90 bits per heavy atom. The highest BCUT2D eigenvalue weighted by Gasteiger charge is 2.12. The minimum Gasteiger partial charge on any atom is -0.354 e. The Morgan fingerprint density at radius 1 is 1.25 bits per heavy atom. The summed E-state index contributed by atoms with van der Waals surface area (Å²) < 4.78 is 13.8. The first kappa shape index (κ1) is 13.3. The molecule has 0 radical (unpaired) electrons. The van der Waals surface area contributed by atoms with Crippen molar-refractivity contribution in [2.75, 3.05) is 11.9 Å². The van der Waals surface area contributed by atoms with Gasteiger partial charge in [0.25, 0.3) is 0 Å². The molecule has 0 spiro atoms. The molecule has 20 heavy (non-hydrogen) atoms. The van der Waals surface area contributed by atoms with E-state index in [1.165, 1.54) is 17.8 Å². The highest BCUT2D eigenvalue weighted by Crippen LogP contribution is 2.35. The highest BCUT2D eigenvalue weighted by molar-refractivity contribution is 7.99. The molecule has 3 nitrogen and oxygen atoms in total. The molecular weight excluding hydrogens is 293 g/mol. The molecule has 0 unspecified atom stereocenters. The summed E-state index contributed by atoms with van der Waals surface area (Å²) in [7, 11) is 0. The first-order valence-electron chi connectivity index (χ1n) is 6.19. The quantitative estimate of drug-likeness (QED) is 0.724. The van der Waals surface area contributed by atoms with Crippen LogP contribution in [-0.4, -0.2) is 16.5 Å². The van der Waals surface area contributed by atoms with E-state index in [4.69, 9.17) is 0 Å². The number of fused-ring (bicyclic) bond motifs is 1. The first-order chi connectivity index (χ1) is 9.78. The average Bonchev–Trinajstić information content (AvgIpc) is 2.90. The van der Waals surface area contributed by atoms with E-state index in [1.807, 2.05) is 24.4 Å². The molecule has 0 bridgehead atoms. The summed E-state index contributed by atoms with van der Waals surface area (Å²) in [6.45, 7) is 2.74. The molecule has 0 aliphatic carbocycles. The zero-order chi connectivity index (χ0) is 13.9. The molecule has 0 aliphatic heterocycles. The fourth-order valence-electron chi connectivity index (χ4n) is 1.77. The van der Waals surface area contributed by atoms with Gasteiger partial charge >= 0.3 is 0 Å². The van der Waals surface area contributed by atoms with E-state index in [1.54, 1.807) is 23.5 Å². The summed E-state index contributed by atoms with van der Waals surface area (Å²) in [5.74, 6) is 0.353. The van der Waals surface area contributed by atoms with Crippen LogP contribution in [0.15, 0.2) is 45.6 Å². The predicted octanol–water partition coefficient (Wildman–Crippen LogP) is 4.41. The van der Waals surface area contributed by atoms with Gasteiger partial charge in [-0.05, 0) is 30.5 Å². The zero-order valence-electron chi connectivity index (χ0n) is 10.8. The number of nitrogens with one attached hydrogen (secondary N) is 1. The van der Waals surface area contributed by atoms with Crippen molar-refractivity contribution in [3.63, 3.8) is 0 Å². The average molecular weight is 305 g/mol. The van der Waals surface area contributed by atoms with Crippen molar-refractivity contribution in [3.8, 4) is 0 Å². The highest BCUT2D eigenvalue weighted by atomic mass is 32.2. The fourth-order valence-corrected chi connectivity index (χ4v) is 3.53. The summed E-state index contributed by atoms with van der Waals surface area (Å²) in [6.07, 6.45) is 0. The van der Waals surface area contributed by atoms with E-state index in [-0.39, 0.29) is 5.82 Å². The third-order valence-electron chi connectivity index (χ3n) is 2.67. The van der Waals surface area contributed by atoms with Crippen LogP contribution in [-0.2, 0) is 0 Å². The summed E-state index contributed by atoms with van der Waals surface area (Å²) >= 11 is 2.89. The third-order valence-corrected chi connectivity index (χ3v) is 4.53. The molecular formula is C14H12FN3S2. The Labute approximate surface area is 124 Å². The molecule has 0 amide bonds. The SMILES string of the molecule is CCNc1nc(Sc2ccccc2F)c2ccsc2n1. The number of benzene rings is 1. The van der Waals surface area contributed by atoms with E-state index in [2.05, 4.69) is 15.3 Å². The molecule has 3 rings (SSSR count). The number of thiophene rings is 1. The molecule has 0 aliphatic rings. The maximum Gasteiger partial charge on any atom is 0.225 e. The molecule has 0 atom stereocenters. The van der Waals surface area contributed by atoms with Crippen molar-refractivity contribution in [2.45, 2.75) is 16.8 Å². The molecule has 0 saturated carbocycles. The lowest BCUT2D eigenvalue weighted by Crippen LogP contribution is -2.02. The monoisotopic (exact) mass is 305 g/mol. The molecule has 1 N–H and O–H groups in total. The van der Waals surface area contributed by atoms with Gasteiger partial charge in [0.1, 0.15) is 15.7 Å². The second-order valence-electron chi connectivity index (χ2n) is 4.05. The van der Waals surface area contributed by atoms with E-state index in [0.717, 1.165) is 21.8 Å². The van der Waals surface area contributed by atoms with Gasteiger partial charge in [0.05, 0.1) is 0 Å². The lowest BCUT2D eigenvalue weighted by atomic mass is 10.3. The van der Waals surface area contributed by atoms with Crippen molar-refractivity contribution in [1.82, 2.24) is 9.97 Å².